The van der Waals surface area contributed by atoms with E-state index >= 15 is 0 Å². The zero-order valence-electron chi connectivity index (χ0n) is 18.6. The third kappa shape index (κ3) is 5.73. The van der Waals surface area contributed by atoms with E-state index in [0.717, 1.165) is 5.56 Å². The van der Waals surface area contributed by atoms with Gasteiger partial charge in [-0.15, -0.1) is 0 Å². The monoisotopic (exact) mass is 492 g/mol. The van der Waals surface area contributed by atoms with Gasteiger partial charge in [0.05, 0.1) is 17.4 Å². The summed E-state index contributed by atoms with van der Waals surface area (Å²) in [7, 11) is -2.59. The Labute approximate surface area is 196 Å². The number of methoxy groups -OCH3 is 1. The van der Waals surface area contributed by atoms with Crippen LogP contribution >= 0.6 is 11.6 Å². The van der Waals surface area contributed by atoms with Crippen molar-refractivity contribution in [1.29, 1.82) is 0 Å². The first kappa shape index (κ1) is 24.8. The van der Waals surface area contributed by atoms with Crippen LogP contribution in [0.3, 0.4) is 0 Å². The quantitative estimate of drug-likeness (QED) is 0.489. The summed E-state index contributed by atoms with van der Waals surface area (Å²) in [4.78, 5) is 25.4. The lowest BCUT2D eigenvalue weighted by Gasteiger charge is -2.20. The standard InChI is InChI=1S/C23H25ClN2O6S/c1-13(2)11-19(26-33(29,30)16-8-5-14(3)6-9-16)21(27)25-15-7-10-17-18(12-15)22(28)32-23(31-4)20(17)24/h5-10,12-13,19,26H,11H2,1-4H3,(H,25,27)/t19-/m0/s1. The van der Waals surface area contributed by atoms with Crippen LogP contribution in [0.25, 0.3) is 10.8 Å². The van der Waals surface area contributed by atoms with Crippen LogP contribution in [0, 0.1) is 12.8 Å². The van der Waals surface area contributed by atoms with E-state index in [0.29, 0.717) is 11.1 Å². The fraction of sp³-hybridized carbons (Fsp3) is 0.304. The molecule has 0 saturated heterocycles. The molecule has 0 aliphatic carbocycles. The van der Waals surface area contributed by atoms with Gasteiger partial charge in [-0.3, -0.25) is 4.79 Å². The number of aryl methyl sites for hydroxylation is 1. The molecule has 0 aliphatic rings. The Morgan fingerprint density at radius 1 is 1.12 bits per heavy atom. The molecule has 1 amide bonds. The summed E-state index contributed by atoms with van der Waals surface area (Å²) in [6, 6.07) is 9.87. The Kier molecular flexibility index (Phi) is 7.46. The number of carbonyl (C=O) groups is 1. The molecule has 0 bridgehead atoms. The Morgan fingerprint density at radius 3 is 2.39 bits per heavy atom. The number of rotatable bonds is 8. The minimum absolute atomic E-state index is 0.0383. The molecule has 1 atom stereocenters. The number of ether oxygens (including phenoxy) is 1. The lowest BCUT2D eigenvalue weighted by molar-refractivity contribution is -0.118. The number of halogens is 1. The third-order valence-electron chi connectivity index (χ3n) is 4.95. The molecule has 0 saturated carbocycles. The fourth-order valence-corrected chi connectivity index (χ4v) is 4.78. The van der Waals surface area contributed by atoms with Crippen LogP contribution in [0.4, 0.5) is 5.69 Å². The van der Waals surface area contributed by atoms with Gasteiger partial charge in [-0.05, 0) is 43.5 Å². The summed E-state index contributed by atoms with van der Waals surface area (Å²) in [5.41, 5.74) is 0.536. The first-order valence-electron chi connectivity index (χ1n) is 10.2. The van der Waals surface area contributed by atoms with Gasteiger partial charge in [-0.25, -0.2) is 13.2 Å². The second-order valence-electron chi connectivity index (χ2n) is 8.06. The zero-order valence-corrected chi connectivity index (χ0v) is 20.2. The molecule has 0 aliphatic heterocycles. The molecule has 1 heterocycles. The largest absolute Gasteiger partial charge is 0.467 e. The second kappa shape index (κ2) is 9.94. The highest BCUT2D eigenvalue weighted by Gasteiger charge is 2.27. The van der Waals surface area contributed by atoms with Gasteiger partial charge >= 0.3 is 11.6 Å². The zero-order chi connectivity index (χ0) is 24.3. The molecule has 0 radical (unpaired) electrons. The molecule has 3 aromatic rings. The number of anilines is 1. The van der Waals surface area contributed by atoms with Crippen molar-refractivity contribution in [2.24, 2.45) is 5.92 Å². The Bertz CT molecular complexity index is 1330. The number of carbonyl (C=O) groups excluding carboxylic acids is 1. The van der Waals surface area contributed by atoms with Gasteiger partial charge in [0, 0.05) is 11.1 Å². The van der Waals surface area contributed by atoms with Gasteiger partial charge in [0.1, 0.15) is 11.1 Å². The summed E-state index contributed by atoms with van der Waals surface area (Å²) in [5.74, 6) is -0.618. The summed E-state index contributed by atoms with van der Waals surface area (Å²) >= 11 is 6.20. The normalized spacial score (nSPS) is 12.7. The Morgan fingerprint density at radius 2 is 1.79 bits per heavy atom. The molecule has 3 rings (SSSR count). The van der Waals surface area contributed by atoms with Crippen LogP contribution in [0.5, 0.6) is 5.95 Å². The SMILES string of the molecule is COc1oc(=O)c2cc(NC(=O)[C@H](CC(C)C)NS(=O)(=O)c3ccc(C)cc3)ccc2c1Cl. The number of hydrogen-bond donors (Lipinski definition) is 2. The van der Waals surface area contributed by atoms with E-state index in [2.05, 4.69) is 10.0 Å². The number of hydrogen-bond acceptors (Lipinski definition) is 6. The molecule has 1 aromatic heterocycles. The van der Waals surface area contributed by atoms with Gasteiger partial charge in [0.2, 0.25) is 15.9 Å². The number of amides is 1. The highest BCUT2D eigenvalue weighted by atomic mass is 35.5. The van der Waals surface area contributed by atoms with Crippen LogP contribution in [-0.2, 0) is 14.8 Å². The van der Waals surface area contributed by atoms with Crippen molar-refractivity contribution in [1.82, 2.24) is 4.72 Å². The molecular weight excluding hydrogens is 468 g/mol. The maximum atomic E-state index is 13.0. The van der Waals surface area contributed by atoms with E-state index in [1.54, 1.807) is 24.3 Å². The van der Waals surface area contributed by atoms with Crippen molar-refractivity contribution in [2.75, 3.05) is 12.4 Å². The minimum atomic E-state index is -3.92. The van der Waals surface area contributed by atoms with Crippen LogP contribution in [0.15, 0.2) is 56.6 Å². The van der Waals surface area contributed by atoms with Crippen molar-refractivity contribution < 1.29 is 22.4 Å². The Balaban J connectivity index is 1.88. The molecular formula is C23H25ClN2O6S. The van der Waals surface area contributed by atoms with Crippen molar-refractivity contribution in [3.63, 3.8) is 0 Å². The first-order chi connectivity index (χ1) is 15.5. The molecule has 0 spiro atoms. The average Bonchev–Trinajstić information content (AvgIpc) is 2.75. The van der Waals surface area contributed by atoms with Crippen molar-refractivity contribution in [3.8, 4) is 5.95 Å². The summed E-state index contributed by atoms with van der Waals surface area (Å²) in [5, 5.41) is 3.37. The summed E-state index contributed by atoms with van der Waals surface area (Å²) in [6.45, 7) is 5.63. The van der Waals surface area contributed by atoms with E-state index in [-0.39, 0.29) is 33.6 Å². The fourth-order valence-electron chi connectivity index (χ4n) is 3.29. The van der Waals surface area contributed by atoms with Crippen molar-refractivity contribution >= 4 is 44.0 Å². The molecule has 0 fully saturated rings. The minimum Gasteiger partial charge on any atom is -0.467 e. The molecule has 33 heavy (non-hydrogen) atoms. The van der Waals surface area contributed by atoms with Crippen LogP contribution in [0.1, 0.15) is 25.8 Å². The predicted molar refractivity (Wildman–Crippen MR) is 127 cm³/mol. The molecule has 2 N–H and O–H groups in total. The number of nitrogens with one attached hydrogen (secondary N) is 2. The lowest BCUT2D eigenvalue weighted by atomic mass is 10.0. The van der Waals surface area contributed by atoms with E-state index in [1.807, 2.05) is 20.8 Å². The molecule has 176 valence electrons. The van der Waals surface area contributed by atoms with E-state index in [4.69, 9.17) is 20.8 Å². The van der Waals surface area contributed by atoms with E-state index in [9.17, 15) is 18.0 Å². The molecule has 8 nitrogen and oxygen atoms in total. The topological polar surface area (TPSA) is 115 Å². The van der Waals surface area contributed by atoms with Gasteiger partial charge in [0.25, 0.3) is 0 Å². The maximum absolute atomic E-state index is 13.0. The van der Waals surface area contributed by atoms with E-state index < -0.39 is 27.6 Å². The van der Waals surface area contributed by atoms with Gasteiger partial charge < -0.3 is 14.5 Å². The third-order valence-corrected chi connectivity index (χ3v) is 6.79. The number of benzene rings is 2. The van der Waals surface area contributed by atoms with Crippen LogP contribution in [-0.4, -0.2) is 27.5 Å². The van der Waals surface area contributed by atoms with Gasteiger partial charge in [-0.1, -0.05) is 49.2 Å². The van der Waals surface area contributed by atoms with Crippen molar-refractivity contribution in [3.05, 3.63) is 63.5 Å². The predicted octanol–water partition coefficient (Wildman–Crippen LogP) is 4.10. The first-order valence-corrected chi connectivity index (χ1v) is 12.1. The smallest absolute Gasteiger partial charge is 0.346 e. The van der Waals surface area contributed by atoms with Gasteiger partial charge in [-0.2, -0.15) is 4.72 Å². The van der Waals surface area contributed by atoms with Crippen molar-refractivity contribution in [2.45, 2.75) is 38.1 Å². The number of sulfonamides is 1. The van der Waals surface area contributed by atoms with E-state index in [1.165, 1.54) is 25.3 Å². The summed E-state index contributed by atoms with van der Waals surface area (Å²) in [6.07, 6.45) is 0.273. The van der Waals surface area contributed by atoms with Crippen LogP contribution in [0.2, 0.25) is 5.02 Å². The van der Waals surface area contributed by atoms with Crippen LogP contribution < -0.4 is 20.4 Å². The summed E-state index contributed by atoms with van der Waals surface area (Å²) < 4.78 is 38.2. The second-order valence-corrected chi connectivity index (χ2v) is 10.2. The maximum Gasteiger partial charge on any atom is 0.346 e. The lowest BCUT2D eigenvalue weighted by Crippen LogP contribution is -2.44. The number of fused-ring (bicyclic) bond motifs is 1. The highest BCUT2D eigenvalue weighted by Crippen LogP contribution is 2.31. The molecule has 2 aromatic carbocycles. The molecule has 10 heteroatoms. The average molecular weight is 493 g/mol. The Hall–Kier alpha value is -2.88. The highest BCUT2D eigenvalue weighted by molar-refractivity contribution is 7.89. The van der Waals surface area contributed by atoms with Gasteiger partial charge in [0.15, 0.2) is 0 Å². The molecule has 0 unspecified atom stereocenters.